The summed E-state index contributed by atoms with van der Waals surface area (Å²) in [7, 11) is 0. The average molecular weight is 599 g/mol. The molecule has 3 saturated carbocycles. The van der Waals surface area contributed by atoms with E-state index in [-0.39, 0.29) is 71.0 Å². The normalized spacial score (nSPS) is 27.1. The first-order valence-electron chi connectivity index (χ1n) is 16.8. The first kappa shape index (κ1) is 35.5. The third-order valence-electron chi connectivity index (χ3n) is 11.4. The second-order valence-corrected chi connectivity index (χ2v) is 17.4. The highest BCUT2D eigenvalue weighted by molar-refractivity contribution is 6.37. The fourth-order valence-corrected chi connectivity index (χ4v) is 8.29. The van der Waals surface area contributed by atoms with Crippen LogP contribution in [0.25, 0.3) is 0 Å². The molecule has 3 aliphatic rings. The van der Waals surface area contributed by atoms with Gasteiger partial charge in [-0.15, -0.1) is 0 Å². The Balaban J connectivity index is 1.84. The van der Waals surface area contributed by atoms with Crippen molar-refractivity contribution in [3.05, 3.63) is 0 Å². The predicted molar refractivity (Wildman–Crippen MR) is 168 cm³/mol. The largest absolute Gasteiger partial charge is 0.300 e. The maximum absolute atomic E-state index is 14.4. The Hall–Kier alpha value is -1.98. The van der Waals surface area contributed by atoms with Crippen LogP contribution in [0.1, 0.15) is 128 Å². The van der Waals surface area contributed by atoms with E-state index in [2.05, 4.69) is 13.8 Å². The topological polar surface area (TPSA) is 102 Å². The van der Waals surface area contributed by atoms with Gasteiger partial charge < -0.3 is 0 Å². The molecule has 0 aromatic carbocycles. The number of ketones is 6. The number of rotatable bonds is 15. The molecule has 242 valence electrons. The van der Waals surface area contributed by atoms with E-state index < -0.39 is 46.6 Å². The predicted octanol–water partition coefficient (Wildman–Crippen LogP) is 7.29. The van der Waals surface area contributed by atoms with Crippen molar-refractivity contribution in [2.24, 2.45) is 69.5 Å². The van der Waals surface area contributed by atoms with Crippen molar-refractivity contribution in [1.29, 1.82) is 0 Å². The van der Waals surface area contributed by atoms with E-state index in [1.807, 2.05) is 55.4 Å². The highest BCUT2D eigenvalue weighted by Crippen LogP contribution is 2.71. The van der Waals surface area contributed by atoms with E-state index in [1.165, 1.54) is 6.92 Å². The minimum absolute atomic E-state index is 0.0202. The van der Waals surface area contributed by atoms with Gasteiger partial charge >= 0.3 is 0 Å². The summed E-state index contributed by atoms with van der Waals surface area (Å²) in [5.41, 5.74) is -0.921. The summed E-state index contributed by atoms with van der Waals surface area (Å²) in [6.45, 7) is 21.2. The van der Waals surface area contributed by atoms with Crippen molar-refractivity contribution in [3.63, 3.8) is 0 Å². The van der Waals surface area contributed by atoms with Gasteiger partial charge in [0.25, 0.3) is 0 Å². The molecular weight excluding hydrogens is 540 g/mol. The summed E-state index contributed by atoms with van der Waals surface area (Å²) >= 11 is 0. The second-order valence-electron chi connectivity index (χ2n) is 17.4. The Labute approximate surface area is 260 Å². The third-order valence-corrected chi connectivity index (χ3v) is 11.4. The summed E-state index contributed by atoms with van der Waals surface area (Å²) in [5, 5.41) is 0. The van der Waals surface area contributed by atoms with Gasteiger partial charge in [-0.05, 0) is 46.8 Å². The van der Waals surface area contributed by atoms with Crippen LogP contribution >= 0.6 is 0 Å². The molecule has 0 N–H and O–H groups in total. The monoisotopic (exact) mass is 598 g/mol. The first-order chi connectivity index (χ1) is 19.6. The van der Waals surface area contributed by atoms with Crippen LogP contribution in [0.5, 0.6) is 0 Å². The fraction of sp³-hybridized carbons (Fsp3) is 0.838. The number of carbonyl (C=O) groups excluding carboxylic acids is 6. The van der Waals surface area contributed by atoms with Gasteiger partial charge in [-0.2, -0.15) is 0 Å². The highest BCUT2D eigenvalue weighted by Gasteiger charge is 2.69. The molecule has 0 spiro atoms. The van der Waals surface area contributed by atoms with Gasteiger partial charge in [0.05, 0.1) is 0 Å². The standard InChI is InChI=1S/C37H58O6/c1-20(2)32(41)27(35(4,5)6)17-24(39)18-28(36(7,8)9)34(43)25-19-26-31(37(26,10)11)30(25)29(40)16-23(33(42)21(3)38)15-22-13-12-14-22/h20,22-23,25-28,30-31H,12-19H2,1-11H3. The number of Topliss-reactive ketones (excluding diaryl/α,β-unsaturated/α-hetero) is 6. The zero-order valence-corrected chi connectivity index (χ0v) is 28.8. The molecule has 0 bridgehead atoms. The van der Waals surface area contributed by atoms with Gasteiger partial charge in [-0.1, -0.05) is 88.5 Å². The van der Waals surface area contributed by atoms with Crippen molar-refractivity contribution < 1.29 is 28.8 Å². The molecule has 3 rings (SSSR count). The van der Waals surface area contributed by atoms with Gasteiger partial charge in [0, 0.05) is 61.7 Å². The molecule has 7 unspecified atom stereocenters. The maximum atomic E-state index is 14.4. The summed E-state index contributed by atoms with van der Waals surface area (Å²) in [6, 6.07) is 0. The molecule has 43 heavy (non-hydrogen) atoms. The van der Waals surface area contributed by atoms with Crippen LogP contribution in [-0.4, -0.2) is 34.7 Å². The highest BCUT2D eigenvalue weighted by atomic mass is 16.2. The molecule has 0 aromatic rings. The van der Waals surface area contributed by atoms with Crippen molar-refractivity contribution >= 4 is 34.7 Å². The second kappa shape index (κ2) is 12.8. The lowest BCUT2D eigenvalue weighted by Crippen LogP contribution is -2.41. The zero-order valence-electron chi connectivity index (χ0n) is 28.8. The maximum Gasteiger partial charge on any atom is 0.201 e. The molecule has 6 nitrogen and oxygen atoms in total. The molecule has 0 heterocycles. The minimum Gasteiger partial charge on any atom is -0.300 e. The Bertz CT molecular complexity index is 1120. The third kappa shape index (κ3) is 7.82. The molecule has 3 aliphatic carbocycles. The van der Waals surface area contributed by atoms with E-state index in [0.29, 0.717) is 18.8 Å². The fourth-order valence-electron chi connectivity index (χ4n) is 8.29. The Morgan fingerprint density at radius 1 is 0.814 bits per heavy atom. The van der Waals surface area contributed by atoms with Crippen LogP contribution < -0.4 is 0 Å². The van der Waals surface area contributed by atoms with E-state index in [9.17, 15) is 28.8 Å². The SMILES string of the molecule is CC(=O)C(=O)C(CC(=O)C1C(C(=O)C(CC(=O)CC(C(=O)C(C)C)C(C)(C)C)C(C)(C)C)CC2C1C2(C)C)CC1CCC1. The van der Waals surface area contributed by atoms with Crippen molar-refractivity contribution in [1.82, 2.24) is 0 Å². The van der Waals surface area contributed by atoms with E-state index in [4.69, 9.17) is 0 Å². The van der Waals surface area contributed by atoms with E-state index in [0.717, 1.165) is 19.3 Å². The van der Waals surface area contributed by atoms with Crippen LogP contribution in [0.15, 0.2) is 0 Å². The lowest BCUT2D eigenvalue weighted by molar-refractivity contribution is -0.142. The molecule has 0 saturated heterocycles. The quantitative estimate of drug-likeness (QED) is 0.184. The minimum atomic E-state index is -0.611. The van der Waals surface area contributed by atoms with Crippen molar-refractivity contribution in [3.8, 4) is 0 Å². The Kier molecular flexibility index (Phi) is 10.6. The summed E-state index contributed by atoms with van der Waals surface area (Å²) in [5.74, 6) is -3.11. The lowest BCUT2D eigenvalue weighted by Gasteiger charge is -2.36. The smallest absolute Gasteiger partial charge is 0.201 e. The van der Waals surface area contributed by atoms with Gasteiger partial charge in [0.2, 0.25) is 5.78 Å². The number of hydrogen-bond donors (Lipinski definition) is 0. The Morgan fingerprint density at radius 2 is 1.35 bits per heavy atom. The molecule has 7 atom stereocenters. The number of fused-ring (bicyclic) bond motifs is 1. The summed E-state index contributed by atoms with van der Waals surface area (Å²) < 4.78 is 0. The van der Waals surface area contributed by atoms with Crippen LogP contribution in [0, 0.1) is 69.5 Å². The van der Waals surface area contributed by atoms with Crippen LogP contribution in [0.4, 0.5) is 0 Å². The summed E-state index contributed by atoms with van der Waals surface area (Å²) in [4.78, 5) is 80.1. The number of hydrogen-bond acceptors (Lipinski definition) is 6. The molecule has 0 radical (unpaired) electrons. The van der Waals surface area contributed by atoms with Gasteiger partial charge in [-0.3, -0.25) is 28.8 Å². The van der Waals surface area contributed by atoms with Gasteiger partial charge in [0.1, 0.15) is 23.1 Å². The lowest BCUT2D eigenvalue weighted by atomic mass is 9.66. The van der Waals surface area contributed by atoms with Gasteiger partial charge in [-0.25, -0.2) is 0 Å². The van der Waals surface area contributed by atoms with E-state index >= 15 is 0 Å². The number of carbonyl (C=O) groups is 6. The van der Waals surface area contributed by atoms with Crippen LogP contribution in [0.3, 0.4) is 0 Å². The molecule has 6 heteroatoms. The first-order valence-corrected chi connectivity index (χ1v) is 16.8. The van der Waals surface area contributed by atoms with Gasteiger partial charge in [0.15, 0.2) is 5.78 Å². The summed E-state index contributed by atoms with van der Waals surface area (Å²) in [6.07, 6.45) is 4.55. The van der Waals surface area contributed by atoms with Crippen molar-refractivity contribution in [2.75, 3.05) is 0 Å². The molecule has 0 aliphatic heterocycles. The average Bonchev–Trinajstić information content (AvgIpc) is 3.17. The molecule has 3 fully saturated rings. The van der Waals surface area contributed by atoms with E-state index in [1.54, 1.807) is 0 Å². The zero-order chi connectivity index (χ0) is 32.8. The Morgan fingerprint density at radius 3 is 1.79 bits per heavy atom. The van der Waals surface area contributed by atoms with Crippen LogP contribution in [-0.2, 0) is 28.8 Å². The molecule has 0 aromatic heterocycles. The van der Waals surface area contributed by atoms with Crippen LogP contribution in [0.2, 0.25) is 0 Å². The molecular formula is C37H58O6. The molecule has 0 amide bonds. The van der Waals surface area contributed by atoms with Crippen molar-refractivity contribution in [2.45, 2.75) is 128 Å².